The van der Waals surface area contributed by atoms with E-state index in [-0.39, 0.29) is 11.6 Å². The van der Waals surface area contributed by atoms with Gasteiger partial charge in [-0.1, -0.05) is 6.07 Å². The van der Waals surface area contributed by atoms with Gasteiger partial charge < -0.3 is 4.90 Å². The largest absolute Gasteiger partial charge is 0.365 e. The number of hydrogen-bond acceptors (Lipinski definition) is 2. The van der Waals surface area contributed by atoms with Gasteiger partial charge in [-0.05, 0) is 50.7 Å². The summed E-state index contributed by atoms with van der Waals surface area (Å²) in [5, 5.41) is 0. The molecule has 0 radical (unpaired) electrons. The van der Waals surface area contributed by atoms with Crippen LogP contribution in [0.1, 0.15) is 43.0 Å². The summed E-state index contributed by atoms with van der Waals surface area (Å²) >= 11 is 0. The van der Waals surface area contributed by atoms with Crippen molar-refractivity contribution in [2.75, 3.05) is 11.4 Å². The van der Waals surface area contributed by atoms with Gasteiger partial charge in [0.1, 0.15) is 5.82 Å². The van der Waals surface area contributed by atoms with Crippen LogP contribution in [-0.4, -0.2) is 18.4 Å². The maximum Gasteiger partial charge on any atom is 0.161 e. The number of nitrogens with zero attached hydrogens (tertiary/aromatic N) is 1. The van der Waals surface area contributed by atoms with Crippen LogP contribution in [0.2, 0.25) is 0 Å². The highest BCUT2D eigenvalue weighted by atomic mass is 19.1. The molecule has 96 valence electrons. The Morgan fingerprint density at radius 1 is 1.33 bits per heavy atom. The van der Waals surface area contributed by atoms with Crippen molar-refractivity contribution in [1.82, 2.24) is 0 Å². The zero-order chi connectivity index (χ0) is 12.7. The molecular formula is C15H18FNO. The van der Waals surface area contributed by atoms with Gasteiger partial charge in [-0.2, -0.15) is 0 Å². The molecule has 0 aliphatic heterocycles. The third-order valence-corrected chi connectivity index (χ3v) is 3.79. The Bertz CT molecular complexity index is 477. The zero-order valence-corrected chi connectivity index (χ0v) is 10.7. The summed E-state index contributed by atoms with van der Waals surface area (Å²) in [6.45, 7) is 2.42. The lowest BCUT2D eigenvalue weighted by Gasteiger charge is -2.27. The van der Waals surface area contributed by atoms with E-state index in [1.807, 2.05) is 0 Å². The Balaban J connectivity index is 1.98. The minimum atomic E-state index is -0.254. The van der Waals surface area contributed by atoms with Gasteiger partial charge in [0.2, 0.25) is 0 Å². The van der Waals surface area contributed by atoms with Gasteiger partial charge in [-0.25, -0.2) is 4.39 Å². The quantitative estimate of drug-likeness (QED) is 0.743. The molecule has 1 aromatic carbocycles. The summed E-state index contributed by atoms with van der Waals surface area (Å²) in [6, 6.07) is 5.27. The molecular weight excluding hydrogens is 229 g/mol. The fourth-order valence-corrected chi connectivity index (χ4v) is 2.48. The molecule has 0 amide bonds. The third kappa shape index (κ3) is 2.26. The molecule has 3 rings (SSSR count). The minimum Gasteiger partial charge on any atom is -0.365 e. The van der Waals surface area contributed by atoms with Crippen molar-refractivity contribution in [2.24, 2.45) is 5.92 Å². The second-order valence-electron chi connectivity index (χ2n) is 5.52. The number of carbonyl (C=O) groups is 1. The van der Waals surface area contributed by atoms with Crippen molar-refractivity contribution in [3.8, 4) is 0 Å². The fourth-order valence-electron chi connectivity index (χ4n) is 2.48. The van der Waals surface area contributed by atoms with Crippen molar-refractivity contribution in [3.05, 3.63) is 29.6 Å². The van der Waals surface area contributed by atoms with Crippen LogP contribution in [0.15, 0.2) is 18.2 Å². The van der Waals surface area contributed by atoms with Crippen LogP contribution in [0.4, 0.5) is 10.1 Å². The molecule has 0 atom stereocenters. The highest BCUT2D eigenvalue weighted by molar-refractivity contribution is 6.00. The molecule has 0 aromatic heterocycles. The molecule has 2 aliphatic carbocycles. The number of para-hydroxylation sites is 1. The molecule has 18 heavy (non-hydrogen) atoms. The van der Waals surface area contributed by atoms with Gasteiger partial charge in [0.15, 0.2) is 5.78 Å². The molecule has 2 nitrogen and oxygen atoms in total. The molecule has 0 heterocycles. The summed E-state index contributed by atoms with van der Waals surface area (Å²) in [7, 11) is 0. The van der Waals surface area contributed by atoms with Crippen LogP contribution in [0.25, 0.3) is 0 Å². The molecule has 0 unspecified atom stereocenters. The molecule has 0 saturated heterocycles. The van der Waals surface area contributed by atoms with E-state index in [2.05, 4.69) is 4.90 Å². The van der Waals surface area contributed by atoms with Crippen LogP contribution in [0.3, 0.4) is 0 Å². The van der Waals surface area contributed by atoms with Crippen LogP contribution in [0.5, 0.6) is 0 Å². The van der Waals surface area contributed by atoms with Gasteiger partial charge in [-0.15, -0.1) is 0 Å². The second kappa shape index (κ2) is 4.38. The lowest BCUT2D eigenvalue weighted by molar-refractivity contribution is 0.101. The fraction of sp³-hybridized carbons (Fsp3) is 0.533. The molecule has 3 heteroatoms. The topological polar surface area (TPSA) is 20.3 Å². The van der Waals surface area contributed by atoms with E-state index in [1.165, 1.54) is 25.8 Å². The first-order chi connectivity index (χ1) is 8.66. The van der Waals surface area contributed by atoms with Gasteiger partial charge >= 0.3 is 0 Å². The van der Waals surface area contributed by atoms with E-state index < -0.39 is 0 Å². The van der Waals surface area contributed by atoms with Crippen molar-refractivity contribution in [3.63, 3.8) is 0 Å². The maximum atomic E-state index is 14.1. The molecule has 0 N–H and O–H groups in total. The average molecular weight is 247 g/mol. The maximum absolute atomic E-state index is 14.1. The van der Waals surface area contributed by atoms with Crippen molar-refractivity contribution < 1.29 is 9.18 Å². The number of Topliss-reactive ketones (excluding diaryl/α,β-unsaturated/α-hetero) is 1. The number of halogens is 1. The Labute approximate surface area is 107 Å². The number of benzene rings is 1. The summed E-state index contributed by atoms with van der Waals surface area (Å²) in [6.07, 6.45) is 4.73. The summed E-state index contributed by atoms with van der Waals surface area (Å²) < 4.78 is 14.1. The van der Waals surface area contributed by atoms with E-state index >= 15 is 0 Å². The Hall–Kier alpha value is -1.38. The van der Waals surface area contributed by atoms with E-state index in [1.54, 1.807) is 12.1 Å². The normalized spacial score (nSPS) is 18.8. The lowest BCUT2D eigenvalue weighted by atomic mass is 10.1. The Morgan fingerprint density at radius 2 is 2.06 bits per heavy atom. The SMILES string of the molecule is CC(=O)c1cccc(F)c1N(CC1CC1)C1CC1. The number of rotatable bonds is 5. The van der Waals surface area contributed by atoms with Gasteiger partial charge in [0.25, 0.3) is 0 Å². The number of ketones is 1. The zero-order valence-electron chi connectivity index (χ0n) is 10.7. The predicted octanol–water partition coefficient (Wildman–Crippen LogP) is 3.41. The summed E-state index contributed by atoms with van der Waals surface area (Å²) in [5.74, 6) is 0.395. The molecule has 2 aliphatic rings. The van der Waals surface area contributed by atoms with Gasteiger partial charge in [0.05, 0.1) is 5.69 Å². The lowest BCUT2D eigenvalue weighted by Crippen LogP contribution is -2.30. The summed E-state index contributed by atoms with van der Waals surface area (Å²) in [4.78, 5) is 13.8. The van der Waals surface area contributed by atoms with Crippen LogP contribution >= 0.6 is 0 Å². The van der Waals surface area contributed by atoms with E-state index in [9.17, 15) is 9.18 Å². The van der Waals surface area contributed by atoms with Crippen molar-refractivity contribution >= 4 is 11.5 Å². The van der Waals surface area contributed by atoms with Crippen LogP contribution in [-0.2, 0) is 0 Å². The van der Waals surface area contributed by atoms with Crippen molar-refractivity contribution in [1.29, 1.82) is 0 Å². The first-order valence-corrected chi connectivity index (χ1v) is 6.73. The van der Waals surface area contributed by atoms with Crippen molar-refractivity contribution in [2.45, 2.75) is 38.6 Å². The van der Waals surface area contributed by atoms with Crippen LogP contribution < -0.4 is 4.90 Å². The first kappa shape index (κ1) is 11.7. The number of carbonyl (C=O) groups excluding carboxylic acids is 1. The summed E-state index contributed by atoms with van der Waals surface area (Å²) in [5.41, 5.74) is 1.07. The van der Waals surface area contributed by atoms with Gasteiger partial charge in [0, 0.05) is 18.2 Å². The highest BCUT2D eigenvalue weighted by Crippen LogP contribution is 2.39. The molecule has 0 spiro atoms. The van der Waals surface area contributed by atoms with E-state index in [0.29, 0.717) is 23.2 Å². The molecule has 0 bridgehead atoms. The smallest absolute Gasteiger partial charge is 0.161 e. The minimum absolute atomic E-state index is 0.0500. The Morgan fingerprint density at radius 3 is 2.61 bits per heavy atom. The van der Waals surface area contributed by atoms with E-state index in [0.717, 1.165) is 19.4 Å². The standard InChI is InChI=1S/C15H18FNO/c1-10(18)13-3-2-4-14(16)15(13)17(12-7-8-12)9-11-5-6-11/h2-4,11-12H,5-9H2,1H3. The monoisotopic (exact) mass is 247 g/mol. The number of hydrogen-bond donors (Lipinski definition) is 0. The Kier molecular flexibility index (Phi) is 2.84. The van der Waals surface area contributed by atoms with Gasteiger partial charge in [-0.3, -0.25) is 4.79 Å². The predicted molar refractivity (Wildman–Crippen MR) is 69.5 cm³/mol. The molecule has 1 aromatic rings. The highest BCUT2D eigenvalue weighted by Gasteiger charge is 2.36. The second-order valence-corrected chi connectivity index (χ2v) is 5.52. The first-order valence-electron chi connectivity index (χ1n) is 6.73. The number of anilines is 1. The molecule has 2 saturated carbocycles. The third-order valence-electron chi connectivity index (χ3n) is 3.79. The van der Waals surface area contributed by atoms with E-state index in [4.69, 9.17) is 0 Å². The van der Waals surface area contributed by atoms with Crippen LogP contribution in [0, 0.1) is 11.7 Å². The molecule has 2 fully saturated rings. The average Bonchev–Trinajstić information content (AvgIpc) is 3.19.